The zero-order valence-corrected chi connectivity index (χ0v) is 11.2. The summed E-state index contributed by atoms with van der Waals surface area (Å²) in [5.74, 6) is -0.419. The molecule has 0 radical (unpaired) electrons. The van der Waals surface area contributed by atoms with E-state index in [1.807, 2.05) is 0 Å². The molecule has 3 N–H and O–H groups in total. The van der Waals surface area contributed by atoms with Gasteiger partial charge in [-0.15, -0.1) is 0 Å². The van der Waals surface area contributed by atoms with Crippen LogP contribution in [0.4, 0.5) is 0 Å². The van der Waals surface area contributed by atoms with Crippen LogP contribution in [-0.2, 0) is 27.8 Å². The highest BCUT2D eigenvalue weighted by atomic mass is 32.2. The maximum Gasteiger partial charge on any atom is 0.325 e. The van der Waals surface area contributed by atoms with E-state index >= 15 is 0 Å². The average molecular weight is 299 g/mol. The standard InChI is InChI=1S/C10H13N5O4S/c16-10(17)7-15-6-8(5-13-15)20(18,19)14-2-1-9-11-3-4-12-9/h3-6,14H,1-2,7H2,(H,11,12)(H,16,17). The molecule has 0 aromatic carbocycles. The molecule has 20 heavy (non-hydrogen) atoms. The van der Waals surface area contributed by atoms with Crippen molar-refractivity contribution < 1.29 is 18.3 Å². The lowest BCUT2D eigenvalue weighted by Gasteiger charge is -2.03. The van der Waals surface area contributed by atoms with Crippen LogP contribution in [-0.4, -0.2) is 45.8 Å². The number of aromatic nitrogens is 4. The summed E-state index contributed by atoms with van der Waals surface area (Å²) in [7, 11) is -3.70. The SMILES string of the molecule is O=C(O)Cn1cc(S(=O)(=O)NCCc2ncc[nH]2)cn1. The third-order valence-electron chi connectivity index (χ3n) is 2.43. The normalized spacial score (nSPS) is 11.6. The van der Waals surface area contributed by atoms with Gasteiger partial charge >= 0.3 is 5.97 Å². The maximum absolute atomic E-state index is 11.9. The summed E-state index contributed by atoms with van der Waals surface area (Å²) in [4.78, 5) is 17.3. The van der Waals surface area contributed by atoms with Gasteiger partial charge in [0, 0.05) is 31.6 Å². The van der Waals surface area contributed by atoms with Gasteiger partial charge in [-0.2, -0.15) is 5.10 Å². The van der Waals surface area contributed by atoms with Gasteiger partial charge < -0.3 is 10.1 Å². The molecule has 0 amide bonds. The molecule has 0 aliphatic carbocycles. The van der Waals surface area contributed by atoms with Crippen LogP contribution < -0.4 is 4.72 Å². The molecule has 9 nitrogen and oxygen atoms in total. The Kier molecular flexibility index (Phi) is 4.15. The van der Waals surface area contributed by atoms with Crippen molar-refractivity contribution in [2.24, 2.45) is 0 Å². The van der Waals surface area contributed by atoms with Gasteiger partial charge in [0.25, 0.3) is 0 Å². The zero-order chi connectivity index (χ0) is 14.6. The van der Waals surface area contributed by atoms with E-state index in [4.69, 9.17) is 5.11 Å². The smallest absolute Gasteiger partial charge is 0.325 e. The number of sulfonamides is 1. The van der Waals surface area contributed by atoms with Crippen molar-refractivity contribution in [2.75, 3.05) is 6.54 Å². The molecule has 108 valence electrons. The Hall–Kier alpha value is -2.20. The zero-order valence-electron chi connectivity index (χ0n) is 10.4. The lowest BCUT2D eigenvalue weighted by Crippen LogP contribution is -2.26. The Labute approximate surface area is 114 Å². The maximum atomic E-state index is 11.9. The fraction of sp³-hybridized carbons (Fsp3) is 0.300. The van der Waals surface area contributed by atoms with Crippen molar-refractivity contribution in [3.05, 3.63) is 30.6 Å². The van der Waals surface area contributed by atoms with Gasteiger partial charge in [0.2, 0.25) is 10.0 Å². The number of carbonyl (C=O) groups is 1. The van der Waals surface area contributed by atoms with Crippen molar-refractivity contribution in [2.45, 2.75) is 17.9 Å². The first kappa shape index (κ1) is 14.2. The fourth-order valence-corrected chi connectivity index (χ4v) is 2.51. The number of aromatic amines is 1. The van der Waals surface area contributed by atoms with Crippen LogP contribution in [0.25, 0.3) is 0 Å². The molecular weight excluding hydrogens is 286 g/mol. The first-order chi connectivity index (χ1) is 9.47. The molecule has 2 rings (SSSR count). The molecule has 0 aliphatic rings. The summed E-state index contributed by atoms with van der Waals surface area (Å²) in [5.41, 5.74) is 0. The number of hydrogen-bond acceptors (Lipinski definition) is 5. The molecule has 2 aromatic heterocycles. The number of aliphatic carboxylic acids is 1. The number of imidazole rings is 1. The van der Waals surface area contributed by atoms with E-state index in [9.17, 15) is 13.2 Å². The van der Waals surface area contributed by atoms with E-state index in [1.165, 1.54) is 6.20 Å². The van der Waals surface area contributed by atoms with Crippen LogP contribution in [0.3, 0.4) is 0 Å². The fourth-order valence-electron chi connectivity index (χ4n) is 1.53. The second-order valence-electron chi connectivity index (χ2n) is 3.95. The summed E-state index contributed by atoms with van der Waals surface area (Å²) in [6.45, 7) is -0.206. The van der Waals surface area contributed by atoms with Crippen LogP contribution in [0.1, 0.15) is 5.82 Å². The van der Waals surface area contributed by atoms with E-state index < -0.39 is 16.0 Å². The second-order valence-corrected chi connectivity index (χ2v) is 5.72. The van der Waals surface area contributed by atoms with Crippen molar-refractivity contribution in [1.82, 2.24) is 24.5 Å². The minimum atomic E-state index is -3.70. The number of nitrogens with zero attached hydrogens (tertiary/aromatic N) is 3. The van der Waals surface area contributed by atoms with Gasteiger partial charge in [-0.25, -0.2) is 18.1 Å². The minimum Gasteiger partial charge on any atom is -0.480 e. The van der Waals surface area contributed by atoms with E-state index in [0.29, 0.717) is 12.2 Å². The molecule has 0 bridgehead atoms. The quantitative estimate of drug-likeness (QED) is 0.614. The summed E-state index contributed by atoms with van der Waals surface area (Å²) < 4.78 is 27.3. The van der Waals surface area contributed by atoms with Gasteiger partial charge in [0.15, 0.2) is 0 Å². The average Bonchev–Trinajstić information content (AvgIpc) is 2.99. The molecule has 0 unspecified atom stereocenters. The number of carboxylic acids is 1. The Bertz CT molecular complexity index is 676. The van der Waals surface area contributed by atoms with Crippen LogP contribution >= 0.6 is 0 Å². The highest BCUT2D eigenvalue weighted by Gasteiger charge is 2.16. The number of carboxylic acid groups (broad SMARTS) is 1. The highest BCUT2D eigenvalue weighted by Crippen LogP contribution is 2.06. The van der Waals surface area contributed by atoms with E-state index in [0.717, 1.165) is 10.9 Å². The lowest BCUT2D eigenvalue weighted by molar-refractivity contribution is -0.137. The highest BCUT2D eigenvalue weighted by molar-refractivity contribution is 7.89. The molecular formula is C10H13N5O4S. The van der Waals surface area contributed by atoms with Crippen molar-refractivity contribution >= 4 is 16.0 Å². The molecule has 0 fully saturated rings. The van der Waals surface area contributed by atoms with E-state index in [-0.39, 0.29) is 18.0 Å². The molecule has 0 saturated carbocycles. The first-order valence-corrected chi connectivity index (χ1v) is 7.18. The van der Waals surface area contributed by atoms with Gasteiger partial charge in [-0.1, -0.05) is 0 Å². The van der Waals surface area contributed by atoms with Gasteiger partial charge in [-0.05, 0) is 0 Å². The summed E-state index contributed by atoms with van der Waals surface area (Å²) in [5, 5.41) is 12.3. The molecule has 2 heterocycles. The van der Waals surface area contributed by atoms with Crippen LogP contribution in [0, 0.1) is 0 Å². The number of H-pyrrole nitrogens is 1. The van der Waals surface area contributed by atoms with Crippen LogP contribution in [0.2, 0.25) is 0 Å². The first-order valence-electron chi connectivity index (χ1n) is 5.69. The Morgan fingerprint density at radius 3 is 2.95 bits per heavy atom. The molecule has 10 heteroatoms. The summed E-state index contributed by atoms with van der Waals surface area (Å²) in [6, 6.07) is 0. The number of hydrogen-bond donors (Lipinski definition) is 3. The molecule has 0 aliphatic heterocycles. The van der Waals surface area contributed by atoms with Gasteiger partial charge in [-0.3, -0.25) is 9.48 Å². The van der Waals surface area contributed by atoms with E-state index in [1.54, 1.807) is 12.4 Å². The van der Waals surface area contributed by atoms with Crippen molar-refractivity contribution in [3.8, 4) is 0 Å². The Balaban J connectivity index is 1.95. The summed E-state index contributed by atoms with van der Waals surface area (Å²) in [6.07, 6.45) is 5.94. The van der Waals surface area contributed by atoms with Gasteiger partial charge in [0.1, 0.15) is 17.3 Å². The number of rotatable bonds is 7. The largest absolute Gasteiger partial charge is 0.480 e. The number of nitrogens with one attached hydrogen (secondary N) is 2. The van der Waals surface area contributed by atoms with Crippen LogP contribution in [0.15, 0.2) is 29.7 Å². The summed E-state index contributed by atoms with van der Waals surface area (Å²) >= 11 is 0. The van der Waals surface area contributed by atoms with Gasteiger partial charge in [0.05, 0.1) is 6.20 Å². The topological polar surface area (TPSA) is 130 Å². The lowest BCUT2D eigenvalue weighted by atomic mass is 10.4. The second kappa shape index (κ2) is 5.84. The Morgan fingerprint density at radius 1 is 1.50 bits per heavy atom. The molecule has 0 saturated heterocycles. The third-order valence-corrected chi connectivity index (χ3v) is 3.84. The van der Waals surface area contributed by atoms with Crippen molar-refractivity contribution in [1.29, 1.82) is 0 Å². The van der Waals surface area contributed by atoms with Crippen molar-refractivity contribution in [3.63, 3.8) is 0 Å². The molecule has 0 spiro atoms. The minimum absolute atomic E-state index is 0.0711. The van der Waals surface area contributed by atoms with E-state index in [2.05, 4.69) is 19.8 Å². The molecule has 0 atom stereocenters. The molecule has 2 aromatic rings. The monoisotopic (exact) mass is 299 g/mol. The Morgan fingerprint density at radius 2 is 2.30 bits per heavy atom. The predicted molar refractivity (Wildman–Crippen MR) is 67.3 cm³/mol. The predicted octanol–water partition coefficient (Wildman–Crippen LogP) is -0.788. The van der Waals surface area contributed by atoms with Crippen LogP contribution in [0.5, 0.6) is 0 Å². The third kappa shape index (κ3) is 3.65.